The van der Waals surface area contributed by atoms with Gasteiger partial charge in [-0.3, -0.25) is 4.79 Å². The average molecular weight is 246 g/mol. The summed E-state index contributed by atoms with van der Waals surface area (Å²) < 4.78 is 22.7. The molecule has 1 heterocycles. The molecule has 2 fully saturated rings. The van der Waals surface area contributed by atoms with Gasteiger partial charge in [-0.2, -0.15) is 0 Å². The van der Waals surface area contributed by atoms with Crippen LogP contribution in [0.2, 0.25) is 0 Å². The van der Waals surface area contributed by atoms with Gasteiger partial charge in [0.25, 0.3) is 0 Å². The second-order valence-electron chi connectivity index (χ2n) is 5.10. The topological polar surface area (TPSA) is 75.3 Å². The Kier molecular flexibility index (Phi) is 2.96. The van der Waals surface area contributed by atoms with E-state index in [0.29, 0.717) is 12.5 Å². The first kappa shape index (κ1) is 11.9. The molecule has 92 valence electrons. The standard InChI is InChI=1S/C10H18N2O3S/c1-10(4-5-16(14,15)7-10)11-6-9(13)12-8-2-3-8/h8,11H,2-7H2,1H3,(H,12,13). The molecule has 1 unspecified atom stereocenters. The number of nitrogens with one attached hydrogen (secondary N) is 2. The summed E-state index contributed by atoms with van der Waals surface area (Å²) in [5.41, 5.74) is -0.431. The van der Waals surface area contributed by atoms with Gasteiger partial charge < -0.3 is 10.6 Å². The molecule has 2 N–H and O–H groups in total. The molecule has 2 rings (SSSR count). The number of hydrogen-bond acceptors (Lipinski definition) is 4. The van der Waals surface area contributed by atoms with E-state index in [-0.39, 0.29) is 24.0 Å². The van der Waals surface area contributed by atoms with Gasteiger partial charge in [0.05, 0.1) is 18.1 Å². The maximum absolute atomic E-state index is 11.4. The van der Waals surface area contributed by atoms with E-state index in [4.69, 9.17) is 0 Å². The third kappa shape index (κ3) is 3.18. The number of sulfone groups is 1. The highest BCUT2D eigenvalue weighted by molar-refractivity contribution is 7.91. The van der Waals surface area contributed by atoms with E-state index < -0.39 is 15.4 Å². The molecule has 0 radical (unpaired) electrons. The van der Waals surface area contributed by atoms with Gasteiger partial charge in [0, 0.05) is 11.6 Å². The van der Waals surface area contributed by atoms with Gasteiger partial charge in [-0.25, -0.2) is 8.42 Å². The molecular weight excluding hydrogens is 228 g/mol. The summed E-state index contributed by atoms with van der Waals surface area (Å²) in [6, 6.07) is 0.356. The van der Waals surface area contributed by atoms with Crippen LogP contribution in [0.4, 0.5) is 0 Å². The summed E-state index contributed by atoms with van der Waals surface area (Å²) in [7, 11) is -2.91. The number of amides is 1. The molecule has 0 aromatic rings. The highest BCUT2D eigenvalue weighted by atomic mass is 32.2. The van der Waals surface area contributed by atoms with Crippen molar-refractivity contribution >= 4 is 15.7 Å². The lowest BCUT2D eigenvalue weighted by atomic mass is 10.0. The molecule has 1 saturated carbocycles. The summed E-state index contributed by atoms with van der Waals surface area (Å²) in [5, 5.41) is 5.92. The molecule has 1 saturated heterocycles. The van der Waals surface area contributed by atoms with E-state index >= 15 is 0 Å². The van der Waals surface area contributed by atoms with E-state index in [9.17, 15) is 13.2 Å². The molecule has 2 aliphatic rings. The van der Waals surface area contributed by atoms with Crippen molar-refractivity contribution in [2.24, 2.45) is 0 Å². The molecule has 1 atom stereocenters. The number of hydrogen-bond donors (Lipinski definition) is 2. The lowest BCUT2D eigenvalue weighted by Gasteiger charge is -2.23. The van der Waals surface area contributed by atoms with E-state index in [2.05, 4.69) is 10.6 Å². The van der Waals surface area contributed by atoms with E-state index in [0.717, 1.165) is 12.8 Å². The van der Waals surface area contributed by atoms with Crippen LogP contribution in [-0.2, 0) is 14.6 Å². The van der Waals surface area contributed by atoms with Crippen LogP contribution in [-0.4, -0.2) is 44.0 Å². The quantitative estimate of drug-likeness (QED) is 0.697. The van der Waals surface area contributed by atoms with E-state index in [1.807, 2.05) is 6.92 Å². The fourth-order valence-corrected chi connectivity index (χ4v) is 4.07. The first-order valence-corrected chi connectivity index (χ1v) is 7.46. The zero-order chi connectivity index (χ0) is 11.8. The van der Waals surface area contributed by atoms with Crippen molar-refractivity contribution in [2.45, 2.75) is 37.8 Å². The first-order chi connectivity index (χ1) is 7.39. The van der Waals surface area contributed by atoms with Crippen LogP contribution in [0, 0.1) is 0 Å². The summed E-state index contributed by atoms with van der Waals surface area (Å²) in [6.07, 6.45) is 2.72. The molecule has 0 aromatic carbocycles. The maximum Gasteiger partial charge on any atom is 0.234 e. The summed E-state index contributed by atoms with van der Waals surface area (Å²) in [4.78, 5) is 11.4. The summed E-state index contributed by atoms with van der Waals surface area (Å²) in [6.45, 7) is 2.07. The van der Waals surface area contributed by atoms with E-state index in [1.165, 1.54) is 0 Å². The Morgan fingerprint density at radius 2 is 2.12 bits per heavy atom. The second-order valence-corrected chi connectivity index (χ2v) is 7.28. The van der Waals surface area contributed by atoms with Crippen molar-refractivity contribution in [1.29, 1.82) is 0 Å². The van der Waals surface area contributed by atoms with E-state index in [1.54, 1.807) is 0 Å². The lowest BCUT2D eigenvalue weighted by Crippen LogP contribution is -2.48. The van der Waals surface area contributed by atoms with Gasteiger partial charge in [0.1, 0.15) is 0 Å². The van der Waals surface area contributed by atoms with Gasteiger partial charge in [0.2, 0.25) is 5.91 Å². The molecule has 0 aromatic heterocycles. The molecule has 1 aliphatic heterocycles. The van der Waals surface area contributed by atoms with Gasteiger partial charge in [-0.15, -0.1) is 0 Å². The minimum atomic E-state index is -2.91. The predicted molar refractivity (Wildman–Crippen MR) is 60.8 cm³/mol. The Bertz CT molecular complexity index is 389. The van der Waals surface area contributed by atoms with Crippen LogP contribution < -0.4 is 10.6 Å². The van der Waals surface area contributed by atoms with Crippen molar-refractivity contribution < 1.29 is 13.2 Å². The van der Waals surface area contributed by atoms with Crippen LogP contribution in [0.5, 0.6) is 0 Å². The van der Waals surface area contributed by atoms with Crippen molar-refractivity contribution in [2.75, 3.05) is 18.1 Å². The zero-order valence-corrected chi connectivity index (χ0v) is 10.3. The zero-order valence-electron chi connectivity index (χ0n) is 9.45. The van der Waals surface area contributed by atoms with Crippen LogP contribution in [0.15, 0.2) is 0 Å². The summed E-state index contributed by atoms with van der Waals surface area (Å²) >= 11 is 0. The van der Waals surface area contributed by atoms with Crippen LogP contribution >= 0.6 is 0 Å². The molecule has 5 nitrogen and oxygen atoms in total. The lowest BCUT2D eigenvalue weighted by molar-refractivity contribution is -0.120. The van der Waals surface area contributed by atoms with Gasteiger partial charge in [-0.1, -0.05) is 0 Å². The largest absolute Gasteiger partial charge is 0.352 e. The van der Waals surface area contributed by atoms with Gasteiger partial charge in [-0.05, 0) is 26.2 Å². The molecule has 16 heavy (non-hydrogen) atoms. The molecule has 0 spiro atoms. The monoisotopic (exact) mass is 246 g/mol. The Morgan fingerprint density at radius 1 is 1.44 bits per heavy atom. The molecule has 1 amide bonds. The Hall–Kier alpha value is -0.620. The smallest absolute Gasteiger partial charge is 0.234 e. The first-order valence-electron chi connectivity index (χ1n) is 5.63. The van der Waals surface area contributed by atoms with Crippen molar-refractivity contribution in [1.82, 2.24) is 10.6 Å². The van der Waals surface area contributed by atoms with Crippen LogP contribution in [0.3, 0.4) is 0 Å². The molecule has 6 heteroatoms. The highest BCUT2D eigenvalue weighted by Crippen LogP contribution is 2.22. The van der Waals surface area contributed by atoms with Gasteiger partial charge >= 0.3 is 0 Å². The highest BCUT2D eigenvalue weighted by Gasteiger charge is 2.38. The summed E-state index contributed by atoms with van der Waals surface area (Å²) in [5.74, 6) is 0.324. The normalized spacial score (nSPS) is 32.6. The predicted octanol–water partition coefficient (Wildman–Crippen LogP) is -0.568. The number of carbonyl (C=O) groups excluding carboxylic acids is 1. The van der Waals surface area contributed by atoms with Crippen LogP contribution in [0.25, 0.3) is 0 Å². The third-order valence-corrected chi connectivity index (χ3v) is 5.02. The van der Waals surface area contributed by atoms with Crippen molar-refractivity contribution in [3.63, 3.8) is 0 Å². The Balaban J connectivity index is 1.78. The molecule has 0 bridgehead atoms. The van der Waals surface area contributed by atoms with Crippen LogP contribution in [0.1, 0.15) is 26.2 Å². The molecule has 1 aliphatic carbocycles. The van der Waals surface area contributed by atoms with Crippen molar-refractivity contribution in [3.05, 3.63) is 0 Å². The number of rotatable bonds is 4. The Morgan fingerprint density at radius 3 is 2.62 bits per heavy atom. The third-order valence-electron chi connectivity index (χ3n) is 3.12. The fourth-order valence-electron chi connectivity index (χ4n) is 1.95. The minimum absolute atomic E-state index is 0.0342. The SMILES string of the molecule is CC1(NCC(=O)NC2CC2)CCS(=O)(=O)C1. The Labute approximate surface area is 95.9 Å². The second kappa shape index (κ2) is 4.00. The minimum Gasteiger partial charge on any atom is -0.352 e. The van der Waals surface area contributed by atoms with Gasteiger partial charge in [0.15, 0.2) is 9.84 Å². The fraction of sp³-hybridized carbons (Fsp3) is 0.900. The van der Waals surface area contributed by atoms with Crippen molar-refractivity contribution in [3.8, 4) is 0 Å². The average Bonchev–Trinajstić information content (AvgIpc) is 2.91. The molecular formula is C10H18N2O3S. The number of carbonyl (C=O) groups is 1. The maximum atomic E-state index is 11.4.